The first-order chi connectivity index (χ1) is 5.11. The Morgan fingerprint density at radius 1 is 1.09 bits per heavy atom. The summed E-state index contributed by atoms with van der Waals surface area (Å²) in [6.07, 6.45) is 3.05. The van der Waals surface area contributed by atoms with Gasteiger partial charge in [-0.25, -0.2) is 0 Å². The average molecular weight is 156 g/mol. The normalized spacial score (nSPS) is 28.7. The summed E-state index contributed by atoms with van der Waals surface area (Å²) in [7, 11) is 0. The van der Waals surface area contributed by atoms with Gasteiger partial charge in [0.25, 0.3) is 0 Å². The van der Waals surface area contributed by atoms with Crippen molar-refractivity contribution in [2.45, 2.75) is 6.42 Å². The zero-order valence-corrected chi connectivity index (χ0v) is 5.73. The Kier molecular flexibility index (Phi) is 1.94. The molecule has 0 aromatic carbocycles. The molecule has 0 heterocycles. The highest BCUT2D eigenvalue weighted by molar-refractivity contribution is 5.78. The molecule has 0 bridgehead atoms. The van der Waals surface area contributed by atoms with Gasteiger partial charge in [0.2, 0.25) is 0 Å². The molecule has 0 saturated heterocycles. The van der Waals surface area contributed by atoms with Gasteiger partial charge in [-0.2, -0.15) is 0 Å². The van der Waals surface area contributed by atoms with Crippen LogP contribution < -0.4 is 0 Å². The van der Waals surface area contributed by atoms with Crippen LogP contribution in [0.3, 0.4) is 0 Å². The molecular formula is C7H8O4. The minimum Gasteiger partial charge on any atom is -0.481 e. The van der Waals surface area contributed by atoms with Crippen LogP contribution in [-0.4, -0.2) is 22.2 Å². The van der Waals surface area contributed by atoms with Gasteiger partial charge in [-0.3, -0.25) is 9.59 Å². The number of hydrogen-bond donors (Lipinski definition) is 2. The predicted octanol–water partition coefficient (Wildman–Crippen LogP) is 0.348. The number of carbonyl (C=O) groups is 2. The van der Waals surface area contributed by atoms with Crippen LogP contribution in [0, 0.1) is 11.8 Å². The van der Waals surface area contributed by atoms with E-state index in [1.165, 1.54) is 12.2 Å². The van der Waals surface area contributed by atoms with Gasteiger partial charge in [0.05, 0.1) is 11.8 Å². The molecule has 0 fully saturated rings. The number of carboxylic acid groups (broad SMARTS) is 2. The van der Waals surface area contributed by atoms with E-state index in [2.05, 4.69) is 0 Å². The molecule has 0 radical (unpaired) electrons. The highest BCUT2D eigenvalue weighted by Gasteiger charge is 2.28. The van der Waals surface area contributed by atoms with E-state index in [1.807, 2.05) is 0 Å². The van der Waals surface area contributed by atoms with Crippen LogP contribution in [0.1, 0.15) is 6.42 Å². The van der Waals surface area contributed by atoms with Crippen molar-refractivity contribution in [2.75, 3.05) is 0 Å². The van der Waals surface area contributed by atoms with Crippen molar-refractivity contribution in [3.05, 3.63) is 12.2 Å². The van der Waals surface area contributed by atoms with E-state index in [0.29, 0.717) is 0 Å². The molecule has 1 aliphatic carbocycles. The average Bonchev–Trinajstić information content (AvgIpc) is 2.33. The van der Waals surface area contributed by atoms with Crippen molar-refractivity contribution in [3.8, 4) is 0 Å². The van der Waals surface area contributed by atoms with Crippen LogP contribution in [0.5, 0.6) is 0 Å². The summed E-state index contributed by atoms with van der Waals surface area (Å²) in [5.41, 5.74) is 0. The number of hydrogen-bond acceptors (Lipinski definition) is 2. The Bertz CT molecular complexity index is 196. The maximum Gasteiger partial charge on any atom is 0.310 e. The summed E-state index contributed by atoms with van der Waals surface area (Å²) in [5, 5.41) is 16.9. The van der Waals surface area contributed by atoms with E-state index in [0.717, 1.165) is 0 Å². The summed E-state index contributed by atoms with van der Waals surface area (Å²) < 4.78 is 0. The molecule has 11 heavy (non-hydrogen) atoms. The fraction of sp³-hybridized carbons (Fsp3) is 0.429. The third-order valence-corrected chi connectivity index (χ3v) is 1.72. The minimum absolute atomic E-state index is 0.185. The van der Waals surface area contributed by atoms with Crippen molar-refractivity contribution >= 4 is 11.9 Å². The number of rotatable bonds is 2. The van der Waals surface area contributed by atoms with E-state index in [4.69, 9.17) is 10.2 Å². The Hall–Kier alpha value is -1.32. The summed E-state index contributed by atoms with van der Waals surface area (Å²) in [6.45, 7) is 0. The Morgan fingerprint density at radius 2 is 1.45 bits per heavy atom. The summed E-state index contributed by atoms with van der Waals surface area (Å²) in [6, 6.07) is 0. The molecule has 1 rings (SSSR count). The minimum atomic E-state index is -0.954. The van der Waals surface area contributed by atoms with Crippen molar-refractivity contribution in [1.29, 1.82) is 0 Å². The highest BCUT2D eigenvalue weighted by atomic mass is 16.4. The summed E-state index contributed by atoms with van der Waals surface area (Å²) in [4.78, 5) is 20.7. The van der Waals surface area contributed by atoms with Gasteiger partial charge in [0.1, 0.15) is 0 Å². The Balaban J connectivity index is 2.56. The van der Waals surface area contributed by atoms with E-state index in [-0.39, 0.29) is 6.42 Å². The van der Waals surface area contributed by atoms with Crippen LogP contribution in [0.15, 0.2) is 12.2 Å². The first-order valence-corrected chi connectivity index (χ1v) is 3.25. The molecule has 0 aromatic rings. The van der Waals surface area contributed by atoms with Crippen LogP contribution in [0.25, 0.3) is 0 Å². The maximum absolute atomic E-state index is 10.3. The van der Waals surface area contributed by atoms with Crippen molar-refractivity contribution in [3.63, 3.8) is 0 Å². The van der Waals surface area contributed by atoms with E-state index in [9.17, 15) is 9.59 Å². The monoisotopic (exact) mass is 156 g/mol. The van der Waals surface area contributed by atoms with Gasteiger partial charge >= 0.3 is 11.9 Å². The lowest BCUT2D eigenvalue weighted by atomic mass is 10.0. The van der Waals surface area contributed by atoms with Gasteiger partial charge in [0.15, 0.2) is 0 Å². The lowest BCUT2D eigenvalue weighted by molar-refractivity contribution is -0.142. The summed E-state index contributed by atoms with van der Waals surface area (Å²) in [5.74, 6) is -3.14. The molecule has 4 nitrogen and oxygen atoms in total. The SMILES string of the molecule is O=C(O)C1C=CC(C(=O)O)C1. The molecule has 0 saturated carbocycles. The molecule has 0 aromatic heterocycles. The van der Waals surface area contributed by atoms with Gasteiger partial charge < -0.3 is 10.2 Å². The highest BCUT2D eigenvalue weighted by Crippen LogP contribution is 2.23. The molecule has 4 heteroatoms. The largest absolute Gasteiger partial charge is 0.481 e. The molecule has 0 aliphatic heterocycles. The van der Waals surface area contributed by atoms with E-state index < -0.39 is 23.8 Å². The molecule has 0 spiro atoms. The fourth-order valence-corrected chi connectivity index (χ4v) is 1.07. The standard InChI is InChI=1S/C7H8O4/c8-6(9)4-1-2-5(3-4)7(10)11/h1-2,4-5H,3H2,(H,8,9)(H,10,11). The van der Waals surface area contributed by atoms with Gasteiger partial charge in [-0.05, 0) is 6.42 Å². The first kappa shape index (κ1) is 7.78. The van der Waals surface area contributed by atoms with Gasteiger partial charge in [-0.15, -0.1) is 0 Å². The predicted molar refractivity (Wildman–Crippen MR) is 36.0 cm³/mol. The van der Waals surface area contributed by atoms with Crippen LogP contribution in [0.4, 0.5) is 0 Å². The van der Waals surface area contributed by atoms with Gasteiger partial charge in [-0.1, -0.05) is 12.2 Å². The van der Waals surface area contributed by atoms with Crippen LogP contribution in [-0.2, 0) is 9.59 Å². The number of carboxylic acids is 2. The molecule has 1 aliphatic rings. The second-order valence-corrected chi connectivity index (χ2v) is 2.51. The lowest BCUT2D eigenvalue weighted by Crippen LogP contribution is -2.14. The number of aliphatic carboxylic acids is 2. The second-order valence-electron chi connectivity index (χ2n) is 2.51. The van der Waals surface area contributed by atoms with Crippen LogP contribution in [0.2, 0.25) is 0 Å². The maximum atomic E-state index is 10.3. The van der Waals surface area contributed by atoms with Gasteiger partial charge in [0, 0.05) is 0 Å². The van der Waals surface area contributed by atoms with E-state index in [1.54, 1.807) is 0 Å². The zero-order chi connectivity index (χ0) is 8.43. The lowest BCUT2D eigenvalue weighted by Gasteiger charge is -2.02. The fourth-order valence-electron chi connectivity index (χ4n) is 1.07. The van der Waals surface area contributed by atoms with E-state index >= 15 is 0 Å². The molecule has 2 N–H and O–H groups in total. The Morgan fingerprint density at radius 3 is 1.64 bits per heavy atom. The molecule has 2 atom stereocenters. The quantitative estimate of drug-likeness (QED) is 0.565. The third-order valence-electron chi connectivity index (χ3n) is 1.72. The topological polar surface area (TPSA) is 74.6 Å². The van der Waals surface area contributed by atoms with Crippen LogP contribution >= 0.6 is 0 Å². The molecular weight excluding hydrogens is 148 g/mol. The first-order valence-electron chi connectivity index (χ1n) is 3.25. The second kappa shape index (κ2) is 2.74. The van der Waals surface area contributed by atoms with Crippen molar-refractivity contribution < 1.29 is 19.8 Å². The summed E-state index contributed by atoms with van der Waals surface area (Å²) >= 11 is 0. The smallest absolute Gasteiger partial charge is 0.310 e. The molecule has 60 valence electrons. The Labute approximate surface area is 63.1 Å². The third kappa shape index (κ3) is 1.58. The zero-order valence-electron chi connectivity index (χ0n) is 5.73. The van der Waals surface area contributed by atoms with Crippen molar-refractivity contribution in [2.24, 2.45) is 11.8 Å². The van der Waals surface area contributed by atoms with Crippen molar-refractivity contribution in [1.82, 2.24) is 0 Å². The molecule has 0 amide bonds. The molecule has 2 unspecified atom stereocenters.